The summed E-state index contributed by atoms with van der Waals surface area (Å²) in [6.07, 6.45) is 2.12. The summed E-state index contributed by atoms with van der Waals surface area (Å²) in [4.78, 5) is 27.6. The molecule has 2 rings (SSSR count). The predicted octanol–water partition coefficient (Wildman–Crippen LogP) is 0.0349. The maximum Gasteiger partial charge on any atom is 0.331 e. The normalized spacial score (nSPS) is 20.4. The number of H-pyrrole nitrogens is 1. The van der Waals surface area contributed by atoms with Crippen molar-refractivity contribution in [2.75, 3.05) is 13.1 Å². The van der Waals surface area contributed by atoms with Crippen LogP contribution in [0.25, 0.3) is 0 Å². The number of aromatic hydroxyl groups is 1. The number of hydrogen-bond acceptors (Lipinski definition) is 4. The largest absolute Gasteiger partial charge is 0.494 e. The summed E-state index contributed by atoms with van der Waals surface area (Å²) in [5.74, 6) is -0.216. The fraction of sp³-hybridized carbons (Fsp3) is 0.667. The molecule has 6 nitrogen and oxygen atoms in total. The van der Waals surface area contributed by atoms with Gasteiger partial charge in [-0.25, -0.2) is 4.79 Å². The van der Waals surface area contributed by atoms with Gasteiger partial charge >= 0.3 is 5.69 Å². The Kier molecular flexibility index (Phi) is 3.56. The van der Waals surface area contributed by atoms with Crippen LogP contribution < -0.4 is 11.2 Å². The van der Waals surface area contributed by atoms with E-state index in [0.29, 0.717) is 6.54 Å². The number of likely N-dealkylation sites (N-methyl/N-ethyl adjacent to an activating group) is 1. The molecule has 1 atom stereocenters. The van der Waals surface area contributed by atoms with Crippen LogP contribution >= 0.6 is 0 Å². The number of aromatic nitrogens is 2. The number of hydrogen-bond donors (Lipinski definition) is 2. The quantitative estimate of drug-likeness (QED) is 0.797. The van der Waals surface area contributed by atoms with Crippen molar-refractivity contribution in [2.45, 2.75) is 39.3 Å². The average Bonchev–Trinajstić information content (AvgIpc) is 2.79. The first kappa shape index (κ1) is 12.9. The van der Waals surface area contributed by atoms with Crippen molar-refractivity contribution < 1.29 is 5.11 Å². The lowest BCUT2D eigenvalue weighted by Gasteiger charge is -2.23. The fourth-order valence-electron chi connectivity index (χ4n) is 2.56. The Hall–Kier alpha value is -1.56. The number of nitrogens with zero attached hydrogens (tertiary/aromatic N) is 2. The van der Waals surface area contributed by atoms with Gasteiger partial charge in [0.05, 0.1) is 5.56 Å². The van der Waals surface area contributed by atoms with Gasteiger partial charge in [0.15, 0.2) is 0 Å². The first-order chi connectivity index (χ1) is 8.54. The van der Waals surface area contributed by atoms with Crippen LogP contribution in [0.15, 0.2) is 9.59 Å². The molecule has 1 fully saturated rings. The van der Waals surface area contributed by atoms with Gasteiger partial charge in [-0.05, 0) is 32.9 Å². The maximum absolute atomic E-state index is 11.7. The van der Waals surface area contributed by atoms with Crippen molar-refractivity contribution >= 4 is 0 Å². The molecule has 1 saturated heterocycles. The van der Waals surface area contributed by atoms with Crippen LogP contribution in [0, 0.1) is 6.92 Å². The Bertz CT molecular complexity index is 546. The van der Waals surface area contributed by atoms with Gasteiger partial charge in [-0.3, -0.25) is 19.2 Å². The van der Waals surface area contributed by atoms with Gasteiger partial charge in [0.2, 0.25) is 5.88 Å². The summed E-state index contributed by atoms with van der Waals surface area (Å²) in [6, 6.07) is 0.254. The topological polar surface area (TPSA) is 78.3 Å². The third kappa shape index (κ3) is 2.20. The van der Waals surface area contributed by atoms with Gasteiger partial charge in [-0.15, -0.1) is 0 Å². The van der Waals surface area contributed by atoms with Gasteiger partial charge in [0.1, 0.15) is 0 Å². The van der Waals surface area contributed by atoms with E-state index in [0.717, 1.165) is 25.9 Å². The molecule has 0 bridgehead atoms. The standard InChI is InChI=1S/C12H19N3O3/c1-3-14-6-4-5-9(14)7-15-11(17)8(2)10(16)13-12(15)18/h9,17H,3-7H2,1-2H3,(H,13,16,18). The van der Waals surface area contributed by atoms with Gasteiger partial charge in [-0.2, -0.15) is 0 Å². The summed E-state index contributed by atoms with van der Waals surface area (Å²) >= 11 is 0. The zero-order valence-electron chi connectivity index (χ0n) is 10.8. The predicted molar refractivity (Wildman–Crippen MR) is 68.0 cm³/mol. The first-order valence-corrected chi connectivity index (χ1v) is 6.31. The molecular formula is C12H19N3O3. The van der Waals surface area contributed by atoms with Crippen LogP contribution in [0.3, 0.4) is 0 Å². The molecule has 1 unspecified atom stereocenters. The molecule has 2 heterocycles. The lowest BCUT2D eigenvalue weighted by atomic mass is 10.2. The van der Waals surface area contributed by atoms with E-state index in [1.807, 2.05) is 0 Å². The van der Waals surface area contributed by atoms with E-state index in [9.17, 15) is 14.7 Å². The van der Waals surface area contributed by atoms with E-state index in [4.69, 9.17) is 0 Å². The Labute approximate surface area is 105 Å². The molecule has 0 aromatic carbocycles. The first-order valence-electron chi connectivity index (χ1n) is 6.31. The van der Waals surface area contributed by atoms with Crippen LogP contribution in [-0.2, 0) is 6.54 Å². The van der Waals surface area contributed by atoms with Crippen LogP contribution in [-0.4, -0.2) is 38.7 Å². The smallest absolute Gasteiger partial charge is 0.331 e. The van der Waals surface area contributed by atoms with Crippen molar-refractivity contribution in [3.63, 3.8) is 0 Å². The Balaban J connectivity index is 2.32. The van der Waals surface area contributed by atoms with E-state index in [1.165, 1.54) is 11.5 Å². The van der Waals surface area contributed by atoms with E-state index in [-0.39, 0.29) is 17.5 Å². The Morgan fingerprint density at radius 2 is 2.17 bits per heavy atom. The zero-order valence-corrected chi connectivity index (χ0v) is 10.8. The molecule has 0 radical (unpaired) electrons. The van der Waals surface area contributed by atoms with Crippen molar-refractivity contribution in [3.05, 3.63) is 26.4 Å². The molecule has 18 heavy (non-hydrogen) atoms. The lowest BCUT2D eigenvalue weighted by molar-refractivity contribution is 0.233. The van der Waals surface area contributed by atoms with Crippen molar-refractivity contribution in [1.29, 1.82) is 0 Å². The molecule has 1 aromatic rings. The third-order valence-electron chi connectivity index (χ3n) is 3.70. The number of aromatic amines is 1. The molecule has 0 aliphatic carbocycles. The molecule has 1 aliphatic heterocycles. The highest BCUT2D eigenvalue weighted by molar-refractivity contribution is 5.20. The average molecular weight is 253 g/mol. The number of nitrogens with one attached hydrogen (secondary N) is 1. The van der Waals surface area contributed by atoms with Crippen LogP contribution in [0.1, 0.15) is 25.3 Å². The second-order valence-electron chi connectivity index (χ2n) is 4.74. The fourth-order valence-corrected chi connectivity index (χ4v) is 2.56. The SMILES string of the molecule is CCN1CCCC1Cn1c(O)c(C)c(=O)[nH]c1=O. The van der Waals surface area contributed by atoms with Crippen LogP contribution in [0.4, 0.5) is 0 Å². The number of likely N-dealkylation sites (tertiary alicyclic amines) is 1. The van der Waals surface area contributed by atoms with Gasteiger partial charge in [0.25, 0.3) is 5.56 Å². The highest BCUT2D eigenvalue weighted by Crippen LogP contribution is 2.19. The highest BCUT2D eigenvalue weighted by atomic mass is 16.3. The van der Waals surface area contributed by atoms with E-state index in [2.05, 4.69) is 16.8 Å². The molecule has 2 N–H and O–H groups in total. The monoisotopic (exact) mass is 253 g/mol. The van der Waals surface area contributed by atoms with Crippen LogP contribution in [0.2, 0.25) is 0 Å². The molecule has 0 spiro atoms. The van der Waals surface area contributed by atoms with Gasteiger partial charge in [-0.1, -0.05) is 6.92 Å². The second kappa shape index (κ2) is 4.97. The molecule has 0 saturated carbocycles. The summed E-state index contributed by atoms with van der Waals surface area (Å²) in [5.41, 5.74) is -0.866. The lowest BCUT2D eigenvalue weighted by Crippen LogP contribution is -2.39. The summed E-state index contributed by atoms with van der Waals surface area (Å²) in [7, 11) is 0. The highest BCUT2D eigenvalue weighted by Gasteiger charge is 2.25. The Morgan fingerprint density at radius 3 is 2.83 bits per heavy atom. The molecular weight excluding hydrogens is 234 g/mol. The second-order valence-corrected chi connectivity index (χ2v) is 4.74. The molecule has 0 amide bonds. The zero-order chi connectivity index (χ0) is 13.3. The van der Waals surface area contributed by atoms with Crippen molar-refractivity contribution in [1.82, 2.24) is 14.5 Å². The van der Waals surface area contributed by atoms with E-state index >= 15 is 0 Å². The summed E-state index contributed by atoms with van der Waals surface area (Å²) in [6.45, 7) is 5.98. The van der Waals surface area contributed by atoms with Gasteiger partial charge in [0, 0.05) is 12.6 Å². The molecule has 100 valence electrons. The third-order valence-corrected chi connectivity index (χ3v) is 3.70. The van der Waals surface area contributed by atoms with Gasteiger partial charge < -0.3 is 5.11 Å². The summed E-state index contributed by atoms with van der Waals surface area (Å²) < 4.78 is 1.26. The molecule has 6 heteroatoms. The minimum Gasteiger partial charge on any atom is -0.494 e. The van der Waals surface area contributed by atoms with E-state index < -0.39 is 11.2 Å². The van der Waals surface area contributed by atoms with Crippen LogP contribution in [0.5, 0.6) is 5.88 Å². The Morgan fingerprint density at radius 1 is 1.44 bits per heavy atom. The molecule has 1 aromatic heterocycles. The summed E-state index contributed by atoms with van der Waals surface area (Å²) in [5, 5.41) is 9.90. The maximum atomic E-state index is 11.7. The van der Waals surface area contributed by atoms with Crippen molar-refractivity contribution in [2.24, 2.45) is 0 Å². The minimum absolute atomic E-state index is 0.190. The minimum atomic E-state index is -0.536. The molecule has 1 aliphatic rings. The van der Waals surface area contributed by atoms with E-state index in [1.54, 1.807) is 0 Å². The number of rotatable bonds is 3. The van der Waals surface area contributed by atoms with Crippen molar-refractivity contribution in [3.8, 4) is 5.88 Å².